The number of sulfonamides is 1. The van der Waals surface area contributed by atoms with E-state index in [1.54, 1.807) is 24.3 Å². The average molecular weight is 404 g/mol. The van der Waals surface area contributed by atoms with Gasteiger partial charge in [-0.15, -0.1) is 0 Å². The van der Waals surface area contributed by atoms with Crippen LogP contribution in [-0.2, 0) is 21.4 Å². The molecule has 0 bridgehead atoms. The van der Waals surface area contributed by atoms with Crippen LogP contribution in [0.1, 0.15) is 19.4 Å². The van der Waals surface area contributed by atoms with Gasteiger partial charge in [0.05, 0.1) is 24.6 Å². The molecule has 3 rings (SSSR count). The van der Waals surface area contributed by atoms with E-state index >= 15 is 0 Å². The van der Waals surface area contributed by atoms with Gasteiger partial charge in [0, 0.05) is 6.54 Å². The predicted molar refractivity (Wildman–Crippen MR) is 107 cm³/mol. The van der Waals surface area contributed by atoms with Crippen molar-refractivity contribution in [3.63, 3.8) is 0 Å². The molecular weight excluding hydrogens is 380 g/mol. The first-order valence-corrected chi connectivity index (χ1v) is 10.9. The maximum absolute atomic E-state index is 12.6. The molecule has 8 heteroatoms. The van der Waals surface area contributed by atoms with Gasteiger partial charge < -0.3 is 14.8 Å². The SMILES string of the molecule is CC(C)Oc1cccc(CNC(=O)[C@H]2CN(S(C)(=O)=O)c3ccccc3O2)c1. The van der Waals surface area contributed by atoms with Crippen molar-refractivity contribution in [2.24, 2.45) is 0 Å². The second kappa shape index (κ2) is 8.10. The normalized spacial score (nSPS) is 16.3. The van der Waals surface area contributed by atoms with Crippen LogP contribution in [0.5, 0.6) is 11.5 Å². The highest BCUT2D eigenvalue weighted by molar-refractivity contribution is 7.92. The number of amides is 1. The Bertz CT molecular complexity index is 959. The summed E-state index contributed by atoms with van der Waals surface area (Å²) < 4.78 is 36.9. The number of carbonyl (C=O) groups excluding carboxylic acids is 1. The molecule has 0 aromatic heterocycles. The molecule has 2 aromatic rings. The smallest absolute Gasteiger partial charge is 0.263 e. The van der Waals surface area contributed by atoms with Gasteiger partial charge in [0.25, 0.3) is 5.91 Å². The molecule has 0 aliphatic carbocycles. The Balaban J connectivity index is 1.70. The van der Waals surface area contributed by atoms with Crippen LogP contribution in [0.3, 0.4) is 0 Å². The summed E-state index contributed by atoms with van der Waals surface area (Å²) in [5.74, 6) is 0.720. The first-order valence-electron chi connectivity index (χ1n) is 9.01. The molecule has 0 spiro atoms. The van der Waals surface area contributed by atoms with E-state index in [0.717, 1.165) is 17.6 Å². The molecule has 0 radical (unpaired) electrons. The summed E-state index contributed by atoms with van der Waals surface area (Å²) in [6, 6.07) is 14.2. The second-order valence-electron chi connectivity index (χ2n) is 6.90. The highest BCUT2D eigenvalue weighted by Gasteiger charge is 2.34. The molecule has 1 aliphatic heterocycles. The number of hydrogen-bond donors (Lipinski definition) is 1. The number of benzene rings is 2. The summed E-state index contributed by atoms with van der Waals surface area (Å²) in [7, 11) is -3.53. The summed E-state index contributed by atoms with van der Waals surface area (Å²) in [5, 5.41) is 2.81. The lowest BCUT2D eigenvalue weighted by molar-refractivity contribution is -0.127. The van der Waals surface area contributed by atoms with E-state index in [0.29, 0.717) is 11.4 Å². The van der Waals surface area contributed by atoms with Crippen molar-refractivity contribution in [2.45, 2.75) is 32.6 Å². The third-order valence-corrected chi connectivity index (χ3v) is 5.31. The van der Waals surface area contributed by atoms with Gasteiger partial charge in [-0.05, 0) is 43.7 Å². The van der Waals surface area contributed by atoms with Gasteiger partial charge in [-0.25, -0.2) is 8.42 Å². The zero-order chi connectivity index (χ0) is 20.3. The van der Waals surface area contributed by atoms with Crippen LogP contribution in [0.4, 0.5) is 5.69 Å². The Hall–Kier alpha value is -2.74. The first kappa shape index (κ1) is 20.0. The molecule has 0 saturated carbocycles. The van der Waals surface area contributed by atoms with Crippen LogP contribution in [0, 0.1) is 0 Å². The van der Waals surface area contributed by atoms with Crippen LogP contribution >= 0.6 is 0 Å². The number of para-hydroxylation sites is 2. The summed E-state index contributed by atoms with van der Waals surface area (Å²) in [6.45, 7) is 4.10. The molecule has 1 atom stereocenters. The Kier molecular flexibility index (Phi) is 5.79. The van der Waals surface area contributed by atoms with Gasteiger partial charge in [0.1, 0.15) is 11.5 Å². The standard InChI is InChI=1S/C20H24N2O5S/c1-14(2)26-16-8-6-7-15(11-16)12-21-20(23)19-13-22(28(3,24)25)17-9-4-5-10-18(17)27-19/h4-11,14,19H,12-13H2,1-3H3,(H,21,23)/t19-/m1/s1. The number of nitrogens with one attached hydrogen (secondary N) is 1. The van der Waals surface area contributed by atoms with E-state index in [9.17, 15) is 13.2 Å². The molecule has 1 amide bonds. The molecule has 0 saturated heterocycles. The number of hydrogen-bond acceptors (Lipinski definition) is 5. The molecule has 7 nitrogen and oxygen atoms in total. The fraction of sp³-hybridized carbons (Fsp3) is 0.350. The average Bonchev–Trinajstić information content (AvgIpc) is 2.64. The summed E-state index contributed by atoms with van der Waals surface area (Å²) in [4.78, 5) is 12.6. The van der Waals surface area contributed by atoms with Gasteiger partial charge in [-0.2, -0.15) is 0 Å². The van der Waals surface area contributed by atoms with Crippen LogP contribution in [0.15, 0.2) is 48.5 Å². The molecular formula is C20H24N2O5S. The number of nitrogens with zero attached hydrogens (tertiary/aromatic N) is 1. The molecule has 2 aromatic carbocycles. The molecule has 1 aliphatic rings. The van der Waals surface area contributed by atoms with E-state index in [1.807, 2.05) is 38.1 Å². The van der Waals surface area contributed by atoms with Crippen LogP contribution in [-0.4, -0.2) is 39.3 Å². The lowest BCUT2D eigenvalue weighted by atomic mass is 10.2. The minimum atomic E-state index is -3.53. The molecule has 1 N–H and O–H groups in total. The van der Waals surface area contributed by atoms with Crippen LogP contribution in [0.25, 0.3) is 0 Å². The fourth-order valence-corrected chi connectivity index (χ4v) is 3.87. The second-order valence-corrected chi connectivity index (χ2v) is 8.81. The topological polar surface area (TPSA) is 84.9 Å². The number of carbonyl (C=O) groups is 1. The predicted octanol–water partition coefficient (Wildman–Crippen LogP) is 2.32. The highest BCUT2D eigenvalue weighted by Crippen LogP contribution is 2.34. The Labute approximate surface area is 165 Å². The number of ether oxygens (including phenoxy) is 2. The van der Waals surface area contributed by atoms with E-state index in [-0.39, 0.29) is 25.1 Å². The number of anilines is 1. The Morgan fingerprint density at radius 2 is 2.00 bits per heavy atom. The summed E-state index contributed by atoms with van der Waals surface area (Å²) in [6.07, 6.45) is 0.242. The third kappa shape index (κ3) is 4.75. The molecule has 0 unspecified atom stereocenters. The summed E-state index contributed by atoms with van der Waals surface area (Å²) >= 11 is 0. The lowest BCUT2D eigenvalue weighted by Gasteiger charge is -2.33. The first-order chi connectivity index (χ1) is 13.2. The van der Waals surface area contributed by atoms with E-state index in [1.165, 1.54) is 4.31 Å². The zero-order valence-corrected chi connectivity index (χ0v) is 16.9. The van der Waals surface area contributed by atoms with Crippen LogP contribution < -0.4 is 19.1 Å². The Morgan fingerprint density at radius 3 is 2.71 bits per heavy atom. The van der Waals surface area contributed by atoms with Crippen molar-refractivity contribution in [1.29, 1.82) is 0 Å². The molecule has 28 heavy (non-hydrogen) atoms. The van der Waals surface area contributed by atoms with Crippen molar-refractivity contribution < 1.29 is 22.7 Å². The largest absolute Gasteiger partial charge is 0.491 e. The van der Waals surface area contributed by atoms with Gasteiger partial charge in [0.15, 0.2) is 6.10 Å². The molecule has 0 fully saturated rings. The van der Waals surface area contributed by atoms with Crippen molar-refractivity contribution in [3.05, 3.63) is 54.1 Å². The molecule has 1 heterocycles. The van der Waals surface area contributed by atoms with E-state index < -0.39 is 16.1 Å². The van der Waals surface area contributed by atoms with Crippen molar-refractivity contribution in [3.8, 4) is 11.5 Å². The zero-order valence-electron chi connectivity index (χ0n) is 16.1. The number of fused-ring (bicyclic) bond motifs is 1. The lowest BCUT2D eigenvalue weighted by Crippen LogP contribution is -2.50. The summed E-state index contributed by atoms with van der Waals surface area (Å²) in [5.41, 5.74) is 1.32. The maximum atomic E-state index is 12.6. The van der Waals surface area contributed by atoms with Gasteiger partial charge in [0.2, 0.25) is 10.0 Å². The van der Waals surface area contributed by atoms with Crippen LogP contribution in [0.2, 0.25) is 0 Å². The monoisotopic (exact) mass is 404 g/mol. The Morgan fingerprint density at radius 1 is 1.25 bits per heavy atom. The van der Waals surface area contributed by atoms with Gasteiger partial charge in [-0.3, -0.25) is 9.10 Å². The van der Waals surface area contributed by atoms with E-state index in [2.05, 4.69) is 5.32 Å². The van der Waals surface area contributed by atoms with E-state index in [4.69, 9.17) is 9.47 Å². The van der Waals surface area contributed by atoms with Crippen molar-refractivity contribution >= 4 is 21.6 Å². The maximum Gasteiger partial charge on any atom is 0.263 e. The minimum absolute atomic E-state index is 0.0579. The molecule has 150 valence electrons. The highest BCUT2D eigenvalue weighted by atomic mass is 32.2. The van der Waals surface area contributed by atoms with Gasteiger partial charge >= 0.3 is 0 Å². The van der Waals surface area contributed by atoms with Gasteiger partial charge in [-0.1, -0.05) is 24.3 Å². The fourth-order valence-electron chi connectivity index (χ4n) is 2.96. The van der Waals surface area contributed by atoms with Crippen molar-refractivity contribution in [2.75, 3.05) is 17.1 Å². The van der Waals surface area contributed by atoms with Crippen molar-refractivity contribution in [1.82, 2.24) is 5.32 Å². The third-order valence-electron chi connectivity index (χ3n) is 4.16. The quantitative estimate of drug-likeness (QED) is 0.799. The minimum Gasteiger partial charge on any atom is -0.491 e. The number of rotatable bonds is 6.